The van der Waals surface area contributed by atoms with Crippen LogP contribution in [-0.2, 0) is 11.3 Å². The van der Waals surface area contributed by atoms with Crippen molar-refractivity contribution in [3.63, 3.8) is 0 Å². The minimum Gasteiger partial charge on any atom is -0.308 e. The van der Waals surface area contributed by atoms with Crippen molar-refractivity contribution >= 4 is 11.6 Å². The second-order valence-corrected chi connectivity index (χ2v) is 5.02. The van der Waals surface area contributed by atoms with Gasteiger partial charge in [0.25, 0.3) is 0 Å². The molecular weight excluding hydrogens is 234 g/mol. The summed E-state index contributed by atoms with van der Waals surface area (Å²) in [6.45, 7) is 0.653. The average molecular weight is 251 g/mol. The summed E-state index contributed by atoms with van der Waals surface area (Å²) >= 11 is 0. The van der Waals surface area contributed by atoms with Gasteiger partial charge < -0.3 is 4.90 Å². The van der Waals surface area contributed by atoms with Crippen molar-refractivity contribution in [1.29, 1.82) is 0 Å². The predicted octanol–water partition coefficient (Wildman–Crippen LogP) is 3.63. The van der Waals surface area contributed by atoms with Crippen molar-refractivity contribution in [3.05, 3.63) is 66.2 Å². The van der Waals surface area contributed by atoms with E-state index in [9.17, 15) is 4.79 Å². The van der Waals surface area contributed by atoms with Gasteiger partial charge >= 0.3 is 0 Å². The number of amides is 1. The normalized spacial score (nSPS) is 14.1. The standard InChI is InChI=1S/C17H17NO/c19-17(15-11-12-15)18(16-9-5-2-6-10-16)13-14-7-3-1-4-8-14/h1-10,15H,11-13H2. The summed E-state index contributed by atoms with van der Waals surface area (Å²) in [7, 11) is 0. The molecule has 0 aromatic heterocycles. The number of nitrogens with zero attached hydrogens (tertiary/aromatic N) is 1. The van der Waals surface area contributed by atoms with Crippen LogP contribution >= 0.6 is 0 Å². The lowest BCUT2D eigenvalue weighted by molar-refractivity contribution is -0.119. The van der Waals surface area contributed by atoms with Crippen molar-refractivity contribution in [2.75, 3.05) is 4.90 Å². The van der Waals surface area contributed by atoms with E-state index >= 15 is 0 Å². The quantitative estimate of drug-likeness (QED) is 0.812. The number of anilines is 1. The molecule has 19 heavy (non-hydrogen) atoms. The molecule has 0 radical (unpaired) electrons. The molecule has 2 heteroatoms. The molecule has 1 saturated carbocycles. The predicted molar refractivity (Wildman–Crippen MR) is 76.8 cm³/mol. The molecule has 1 aliphatic rings. The maximum Gasteiger partial charge on any atom is 0.230 e. The minimum absolute atomic E-state index is 0.240. The van der Waals surface area contributed by atoms with Crippen LogP contribution < -0.4 is 4.90 Å². The first kappa shape index (κ1) is 12.0. The molecule has 2 aromatic rings. The Bertz CT molecular complexity index is 546. The maximum absolute atomic E-state index is 12.4. The van der Waals surface area contributed by atoms with E-state index in [1.807, 2.05) is 53.4 Å². The molecule has 0 saturated heterocycles. The number of para-hydroxylation sites is 1. The zero-order valence-electron chi connectivity index (χ0n) is 10.8. The van der Waals surface area contributed by atoms with Gasteiger partial charge in [0.1, 0.15) is 0 Å². The van der Waals surface area contributed by atoms with Gasteiger partial charge in [0.2, 0.25) is 5.91 Å². The molecule has 0 spiro atoms. The third-order valence-electron chi connectivity index (χ3n) is 3.44. The Hall–Kier alpha value is -2.09. The highest BCUT2D eigenvalue weighted by molar-refractivity contribution is 5.96. The Balaban J connectivity index is 1.86. The Morgan fingerprint density at radius 3 is 2.11 bits per heavy atom. The lowest BCUT2D eigenvalue weighted by Crippen LogP contribution is -2.31. The van der Waals surface area contributed by atoms with E-state index in [0.29, 0.717) is 6.54 Å². The molecule has 0 heterocycles. The van der Waals surface area contributed by atoms with E-state index in [0.717, 1.165) is 18.5 Å². The second-order valence-electron chi connectivity index (χ2n) is 5.02. The molecular formula is C17H17NO. The first-order valence-electron chi connectivity index (χ1n) is 6.75. The summed E-state index contributed by atoms with van der Waals surface area (Å²) in [6, 6.07) is 20.1. The number of hydrogen-bond acceptors (Lipinski definition) is 1. The zero-order valence-corrected chi connectivity index (χ0v) is 10.8. The van der Waals surface area contributed by atoms with Gasteiger partial charge in [0.15, 0.2) is 0 Å². The number of hydrogen-bond donors (Lipinski definition) is 0. The molecule has 0 bridgehead atoms. The fourth-order valence-electron chi connectivity index (χ4n) is 2.22. The second kappa shape index (κ2) is 5.27. The van der Waals surface area contributed by atoms with E-state index in [4.69, 9.17) is 0 Å². The molecule has 1 aliphatic carbocycles. The number of carbonyl (C=O) groups is 1. The van der Waals surface area contributed by atoms with E-state index in [1.54, 1.807) is 0 Å². The van der Waals surface area contributed by atoms with Crippen LogP contribution in [-0.4, -0.2) is 5.91 Å². The number of rotatable bonds is 4. The zero-order chi connectivity index (χ0) is 13.1. The molecule has 3 rings (SSSR count). The maximum atomic E-state index is 12.4. The van der Waals surface area contributed by atoms with E-state index in [2.05, 4.69) is 12.1 Å². The Morgan fingerprint density at radius 1 is 0.947 bits per heavy atom. The van der Waals surface area contributed by atoms with Crippen molar-refractivity contribution in [2.45, 2.75) is 19.4 Å². The van der Waals surface area contributed by atoms with Crippen molar-refractivity contribution in [2.24, 2.45) is 5.92 Å². The van der Waals surface area contributed by atoms with E-state index in [-0.39, 0.29) is 11.8 Å². The molecule has 2 aromatic carbocycles. The molecule has 0 atom stereocenters. The largest absolute Gasteiger partial charge is 0.308 e. The summed E-state index contributed by atoms with van der Waals surface area (Å²) in [6.07, 6.45) is 2.08. The smallest absolute Gasteiger partial charge is 0.230 e. The van der Waals surface area contributed by atoms with Crippen molar-refractivity contribution in [1.82, 2.24) is 0 Å². The summed E-state index contributed by atoms with van der Waals surface area (Å²) in [4.78, 5) is 14.3. The van der Waals surface area contributed by atoms with Gasteiger partial charge in [-0.15, -0.1) is 0 Å². The Labute approximate surface area is 113 Å². The average Bonchev–Trinajstić information content (AvgIpc) is 3.31. The lowest BCUT2D eigenvalue weighted by Gasteiger charge is -2.23. The van der Waals surface area contributed by atoms with Gasteiger partial charge in [0.05, 0.1) is 6.54 Å². The first-order chi connectivity index (χ1) is 9.34. The lowest BCUT2D eigenvalue weighted by atomic mass is 10.1. The SMILES string of the molecule is O=C(C1CC1)N(Cc1ccccc1)c1ccccc1. The minimum atomic E-state index is 0.240. The van der Waals surface area contributed by atoms with Gasteiger partial charge in [-0.2, -0.15) is 0 Å². The van der Waals surface area contributed by atoms with Crippen LogP contribution in [0.15, 0.2) is 60.7 Å². The molecule has 0 N–H and O–H groups in total. The number of benzene rings is 2. The van der Waals surface area contributed by atoms with Crippen LogP contribution in [0.2, 0.25) is 0 Å². The molecule has 0 unspecified atom stereocenters. The van der Waals surface area contributed by atoms with Crippen LogP contribution in [0.25, 0.3) is 0 Å². The summed E-state index contributed by atoms with van der Waals surface area (Å²) in [5.41, 5.74) is 2.16. The van der Waals surface area contributed by atoms with Crippen molar-refractivity contribution in [3.8, 4) is 0 Å². The van der Waals surface area contributed by atoms with Crippen LogP contribution in [0, 0.1) is 5.92 Å². The highest BCUT2D eigenvalue weighted by atomic mass is 16.2. The Kier molecular flexibility index (Phi) is 3.32. The van der Waals surface area contributed by atoms with Crippen LogP contribution in [0.1, 0.15) is 18.4 Å². The Morgan fingerprint density at radius 2 is 1.53 bits per heavy atom. The highest BCUT2D eigenvalue weighted by Crippen LogP contribution is 2.33. The van der Waals surface area contributed by atoms with Crippen LogP contribution in [0.5, 0.6) is 0 Å². The van der Waals surface area contributed by atoms with Gasteiger partial charge in [-0.25, -0.2) is 0 Å². The van der Waals surface area contributed by atoms with Gasteiger partial charge in [0, 0.05) is 11.6 Å². The van der Waals surface area contributed by atoms with E-state index < -0.39 is 0 Å². The monoisotopic (exact) mass is 251 g/mol. The fraction of sp³-hybridized carbons (Fsp3) is 0.235. The third-order valence-corrected chi connectivity index (χ3v) is 3.44. The summed E-state index contributed by atoms with van der Waals surface area (Å²) < 4.78 is 0. The summed E-state index contributed by atoms with van der Waals surface area (Å²) in [5, 5.41) is 0. The first-order valence-corrected chi connectivity index (χ1v) is 6.75. The van der Waals surface area contributed by atoms with E-state index in [1.165, 1.54) is 5.56 Å². The topological polar surface area (TPSA) is 20.3 Å². The highest BCUT2D eigenvalue weighted by Gasteiger charge is 2.33. The molecule has 1 fully saturated rings. The van der Waals surface area contributed by atoms with Gasteiger partial charge in [-0.1, -0.05) is 48.5 Å². The molecule has 2 nitrogen and oxygen atoms in total. The molecule has 1 amide bonds. The summed E-state index contributed by atoms with van der Waals surface area (Å²) in [5.74, 6) is 0.499. The molecule has 0 aliphatic heterocycles. The number of carbonyl (C=O) groups excluding carboxylic acids is 1. The fourth-order valence-corrected chi connectivity index (χ4v) is 2.22. The van der Waals surface area contributed by atoms with Gasteiger partial charge in [-0.05, 0) is 30.5 Å². The van der Waals surface area contributed by atoms with Crippen LogP contribution in [0.3, 0.4) is 0 Å². The molecule has 96 valence electrons. The van der Waals surface area contributed by atoms with Gasteiger partial charge in [-0.3, -0.25) is 4.79 Å². The van der Waals surface area contributed by atoms with Crippen molar-refractivity contribution < 1.29 is 4.79 Å². The van der Waals surface area contributed by atoms with Crippen LogP contribution in [0.4, 0.5) is 5.69 Å². The third kappa shape index (κ3) is 2.84.